The molecule has 1 amide bonds. The van der Waals surface area contributed by atoms with Gasteiger partial charge in [0.25, 0.3) is 0 Å². The number of ether oxygens (including phenoxy) is 1. The smallest absolute Gasteiger partial charge is 0.338 e. The van der Waals surface area contributed by atoms with Crippen LogP contribution in [-0.4, -0.2) is 29.0 Å². The molecule has 27 heavy (non-hydrogen) atoms. The van der Waals surface area contributed by atoms with E-state index in [1.165, 1.54) is 6.21 Å². The number of hydrogen-bond donors (Lipinski definition) is 1. The van der Waals surface area contributed by atoms with Gasteiger partial charge in [-0.25, -0.2) is 10.2 Å². The maximum atomic E-state index is 12.0. The minimum absolute atomic E-state index is 0.327. The predicted molar refractivity (Wildman–Crippen MR) is 103 cm³/mol. The highest BCUT2D eigenvalue weighted by atomic mass is 35.5. The van der Waals surface area contributed by atoms with Gasteiger partial charge in [-0.1, -0.05) is 12.1 Å². The molecule has 0 saturated heterocycles. The summed E-state index contributed by atoms with van der Waals surface area (Å²) in [6.45, 7) is 3.77. The van der Waals surface area contributed by atoms with Crippen LogP contribution in [0.15, 0.2) is 45.9 Å². The van der Waals surface area contributed by atoms with Crippen LogP contribution in [0.25, 0.3) is 11.3 Å². The second-order valence-corrected chi connectivity index (χ2v) is 7.90. The Morgan fingerprint density at radius 2 is 1.93 bits per heavy atom. The lowest BCUT2D eigenvalue weighted by atomic mass is 10.1. The SMILES string of the molecule is CCOC(=O)c1ccc(-c2ccc(/C=N/NC(=O)C3(C)CC3(Cl)Cl)o2)cc1. The van der Waals surface area contributed by atoms with E-state index in [1.54, 1.807) is 50.2 Å². The lowest BCUT2D eigenvalue weighted by Gasteiger charge is -2.08. The zero-order valence-corrected chi connectivity index (χ0v) is 16.3. The normalized spacial score (nSPS) is 20.4. The molecule has 1 fully saturated rings. The lowest BCUT2D eigenvalue weighted by molar-refractivity contribution is -0.125. The first kappa shape index (κ1) is 19.5. The molecule has 1 saturated carbocycles. The van der Waals surface area contributed by atoms with Gasteiger partial charge in [0.05, 0.1) is 23.8 Å². The highest BCUT2D eigenvalue weighted by Gasteiger charge is 2.68. The van der Waals surface area contributed by atoms with E-state index in [-0.39, 0.29) is 11.9 Å². The van der Waals surface area contributed by atoms with Crippen LogP contribution in [0.3, 0.4) is 0 Å². The van der Waals surface area contributed by atoms with Crippen LogP contribution >= 0.6 is 23.2 Å². The van der Waals surface area contributed by atoms with E-state index in [2.05, 4.69) is 10.5 Å². The second kappa shape index (κ2) is 7.37. The molecule has 8 heteroatoms. The largest absolute Gasteiger partial charge is 0.462 e. The molecule has 1 unspecified atom stereocenters. The summed E-state index contributed by atoms with van der Waals surface area (Å²) in [5, 5.41) is 3.88. The number of furan rings is 1. The number of nitrogens with one attached hydrogen (secondary N) is 1. The minimum atomic E-state index is -1.04. The Morgan fingerprint density at radius 3 is 2.52 bits per heavy atom. The number of nitrogens with zero attached hydrogens (tertiary/aromatic N) is 1. The van der Waals surface area contributed by atoms with Crippen LogP contribution in [0.4, 0.5) is 0 Å². The zero-order valence-electron chi connectivity index (χ0n) is 14.8. The molecule has 0 aliphatic heterocycles. The average Bonchev–Trinajstić information content (AvgIpc) is 2.98. The number of hydrogen-bond acceptors (Lipinski definition) is 5. The van der Waals surface area contributed by atoms with Crippen LogP contribution in [0.5, 0.6) is 0 Å². The van der Waals surface area contributed by atoms with E-state index in [9.17, 15) is 9.59 Å². The van der Waals surface area contributed by atoms with Crippen LogP contribution in [0, 0.1) is 5.41 Å². The first-order chi connectivity index (χ1) is 12.8. The molecular weight excluding hydrogens is 391 g/mol. The van der Waals surface area contributed by atoms with Gasteiger partial charge >= 0.3 is 5.97 Å². The van der Waals surface area contributed by atoms with Crippen molar-refractivity contribution in [2.24, 2.45) is 10.5 Å². The monoisotopic (exact) mass is 408 g/mol. The molecule has 0 bridgehead atoms. The molecule has 0 spiro atoms. The standard InChI is InChI=1S/C19H18Cl2N2O4/c1-3-26-16(24)13-6-4-12(5-7-13)15-9-8-14(27-15)10-22-23-17(25)18(2)11-19(18,20)21/h4-10H,3,11H2,1-2H3,(H,23,25)/b22-10+. The number of amides is 1. The molecule has 1 N–H and O–H groups in total. The third-order valence-electron chi connectivity index (χ3n) is 4.42. The molecule has 1 aliphatic rings. The number of halogens is 2. The topological polar surface area (TPSA) is 80.9 Å². The van der Waals surface area contributed by atoms with Gasteiger partial charge in [-0.3, -0.25) is 4.79 Å². The minimum Gasteiger partial charge on any atom is -0.462 e. The molecular formula is C19H18Cl2N2O4. The van der Waals surface area contributed by atoms with Crippen molar-refractivity contribution in [3.8, 4) is 11.3 Å². The number of esters is 1. The van der Waals surface area contributed by atoms with Crippen molar-refractivity contribution in [3.63, 3.8) is 0 Å². The van der Waals surface area contributed by atoms with E-state index in [4.69, 9.17) is 32.4 Å². The van der Waals surface area contributed by atoms with E-state index >= 15 is 0 Å². The third kappa shape index (κ3) is 4.01. The predicted octanol–water partition coefficient (Wildman–Crippen LogP) is 4.16. The summed E-state index contributed by atoms with van der Waals surface area (Å²) in [7, 11) is 0. The van der Waals surface area contributed by atoms with Crippen LogP contribution in [-0.2, 0) is 9.53 Å². The molecule has 0 radical (unpaired) electrons. The summed E-state index contributed by atoms with van der Waals surface area (Å²) in [5.74, 6) is 0.357. The number of alkyl halides is 2. The summed E-state index contributed by atoms with van der Waals surface area (Å²) in [4.78, 5) is 23.7. The Hall–Kier alpha value is -2.31. The first-order valence-electron chi connectivity index (χ1n) is 8.35. The maximum Gasteiger partial charge on any atom is 0.338 e. The van der Waals surface area contributed by atoms with Crippen molar-refractivity contribution in [1.82, 2.24) is 5.43 Å². The quantitative estimate of drug-likeness (QED) is 0.336. The molecule has 3 rings (SSSR count). The maximum absolute atomic E-state index is 12.0. The number of carbonyl (C=O) groups excluding carboxylic acids is 2. The fourth-order valence-corrected chi connectivity index (χ4v) is 3.19. The van der Waals surface area contributed by atoms with Gasteiger partial charge in [-0.2, -0.15) is 5.10 Å². The summed E-state index contributed by atoms with van der Waals surface area (Å²) in [5.41, 5.74) is 2.86. The van der Waals surface area contributed by atoms with Crippen LogP contribution in [0.1, 0.15) is 36.4 Å². The van der Waals surface area contributed by atoms with Gasteiger partial charge in [-0.05, 0) is 44.5 Å². The van der Waals surface area contributed by atoms with Crippen molar-refractivity contribution in [1.29, 1.82) is 0 Å². The average molecular weight is 409 g/mol. The lowest BCUT2D eigenvalue weighted by Crippen LogP contribution is -2.29. The number of benzene rings is 1. The molecule has 1 aromatic heterocycles. The van der Waals surface area contributed by atoms with Crippen molar-refractivity contribution in [2.75, 3.05) is 6.61 Å². The fraction of sp³-hybridized carbons (Fsp3) is 0.316. The molecule has 1 aliphatic carbocycles. The number of carbonyl (C=O) groups is 2. The third-order valence-corrected chi connectivity index (χ3v) is 5.53. The summed E-state index contributed by atoms with van der Waals surface area (Å²) in [6.07, 6.45) is 1.78. The molecule has 1 heterocycles. The molecule has 1 atom stereocenters. The Labute approximate surface area is 166 Å². The van der Waals surface area contributed by atoms with Gasteiger partial charge < -0.3 is 9.15 Å². The summed E-state index contributed by atoms with van der Waals surface area (Å²) >= 11 is 11.9. The van der Waals surface area contributed by atoms with Crippen LogP contribution in [0.2, 0.25) is 0 Å². The molecule has 142 valence electrons. The first-order valence-corrected chi connectivity index (χ1v) is 9.11. The Morgan fingerprint density at radius 1 is 1.26 bits per heavy atom. The fourth-order valence-electron chi connectivity index (χ4n) is 2.49. The molecule has 1 aromatic carbocycles. The van der Waals surface area contributed by atoms with Gasteiger partial charge in [0.2, 0.25) is 5.91 Å². The van der Waals surface area contributed by atoms with Crippen molar-refractivity contribution < 1.29 is 18.7 Å². The van der Waals surface area contributed by atoms with Crippen molar-refractivity contribution in [2.45, 2.75) is 24.6 Å². The van der Waals surface area contributed by atoms with E-state index in [0.717, 1.165) is 5.56 Å². The summed E-state index contributed by atoms with van der Waals surface area (Å²) < 4.78 is 9.58. The van der Waals surface area contributed by atoms with Gasteiger partial charge in [0.1, 0.15) is 15.9 Å². The zero-order chi connectivity index (χ0) is 19.7. The molecule has 6 nitrogen and oxygen atoms in total. The Bertz CT molecular complexity index is 889. The Kier molecular flexibility index (Phi) is 5.31. The highest BCUT2D eigenvalue weighted by Crippen LogP contribution is 2.63. The van der Waals surface area contributed by atoms with Gasteiger partial charge in [-0.15, -0.1) is 23.2 Å². The van der Waals surface area contributed by atoms with E-state index in [1.807, 2.05) is 0 Å². The van der Waals surface area contributed by atoms with E-state index < -0.39 is 9.75 Å². The van der Waals surface area contributed by atoms with Crippen molar-refractivity contribution in [3.05, 3.63) is 47.7 Å². The summed E-state index contributed by atoms with van der Waals surface area (Å²) in [6, 6.07) is 10.4. The van der Waals surface area contributed by atoms with E-state index in [0.29, 0.717) is 30.1 Å². The number of rotatable bonds is 6. The van der Waals surface area contributed by atoms with Crippen LogP contribution < -0.4 is 5.43 Å². The van der Waals surface area contributed by atoms with Gasteiger partial charge in [0, 0.05) is 5.56 Å². The van der Waals surface area contributed by atoms with Gasteiger partial charge in [0.15, 0.2) is 0 Å². The molecule has 2 aromatic rings. The number of hydrazone groups is 1. The van der Waals surface area contributed by atoms with Crippen molar-refractivity contribution >= 4 is 41.3 Å². The highest BCUT2D eigenvalue weighted by molar-refractivity contribution is 6.53. The second-order valence-electron chi connectivity index (χ2n) is 6.41. The Balaban J connectivity index is 1.61.